The Labute approximate surface area is 129 Å². The molecule has 3 rings (SSSR count). The van der Waals surface area contributed by atoms with Gasteiger partial charge in [0.15, 0.2) is 0 Å². The number of benzene rings is 1. The summed E-state index contributed by atoms with van der Waals surface area (Å²) in [6, 6.07) is 6.30. The number of carboxylic acid groups (broad SMARTS) is 1. The molecule has 0 bridgehead atoms. The van der Waals surface area contributed by atoms with Gasteiger partial charge in [0, 0.05) is 26.1 Å². The lowest BCUT2D eigenvalue weighted by Gasteiger charge is -2.37. The minimum atomic E-state index is -3.82. The molecule has 0 aliphatic carbocycles. The highest BCUT2D eigenvalue weighted by molar-refractivity contribution is 7.86. The normalized spacial score (nSPS) is 23.9. The van der Waals surface area contributed by atoms with E-state index in [0.29, 0.717) is 13.2 Å². The van der Waals surface area contributed by atoms with Gasteiger partial charge >= 0.3 is 5.97 Å². The summed E-state index contributed by atoms with van der Waals surface area (Å²) in [5.41, 5.74) is 1.75. The minimum Gasteiger partial charge on any atom is -0.480 e. The second kappa shape index (κ2) is 5.96. The van der Waals surface area contributed by atoms with Gasteiger partial charge in [-0.05, 0) is 11.1 Å². The molecule has 22 heavy (non-hydrogen) atoms. The van der Waals surface area contributed by atoms with Crippen molar-refractivity contribution < 1.29 is 23.1 Å². The Morgan fingerprint density at radius 2 is 1.82 bits per heavy atom. The van der Waals surface area contributed by atoms with Crippen LogP contribution in [0.3, 0.4) is 0 Å². The molecule has 1 saturated heterocycles. The maximum atomic E-state index is 12.8. The summed E-state index contributed by atoms with van der Waals surface area (Å²) < 4.78 is 33.2. The highest BCUT2D eigenvalue weighted by Crippen LogP contribution is 2.27. The maximum Gasteiger partial charge on any atom is 0.322 e. The molecular weight excluding hydrogens is 308 g/mol. The average molecular weight is 326 g/mol. The van der Waals surface area contributed by atoms with Gasteiger partial charge in [-0.2, -0.15) is 17.0 Å². The quantitative estimate of drug-likeness (QED) is 0.850. The fraction of sp³-hybridized carbons (Fsp3) is 0.500. The molecular formula is C14H18N2O5S. The van der Waals surface area contributed by atoms with Crippen molar-refractivity contribution in [3.05, 3.63) is 35.4 Å². The molecule has 7 nitrogen and oxygen atoms in total. The monoisotopic (exact) mass is 326 g/mol. The molecule has 1 aromatic carbocycles. The fourth-order valence-electron chi connectivity index (χ4n) is 2.88. The predicted octanol–water partition coefficient (Wildman–Crippen LogP) is 0.0749. The highest BCUT2D eigenvalue weighted by Gasteiger charge is 2.41. The van der Waals surface area contributed by atoms with Gasteiger partial charge in [-0.15, -0.1) is 0 Å². The minimum absolute atomic E-state index is 0.0901. The number of hydrogen-bond donors (Lipinski definition) is 1. The highest BCUT2D eigenvalue weighted by atomic mass is 32.2. The summed E-state index contributed by atoms with van der Waals surface area (Å²) >= 11 is 0. The van der Waals surface area contributed by atoms with Crippen molar-refractivity contribution in [2.24, 2.45) is 0 Å². The van der Waals surface area contributed by atoms with Crippen molar-refractivity contribution >= 4 is 16.2 Å². The van der Waals surface area contributed by atoms with Crippen molar-refractivity contribution in [1.82, 2.24) is 8.61 Å². The number of rotatable bonds is 3. The molecule has 0 aromatic heterocycles. The molecule has 1 fully saturated rings. The van der Waals surface area contributed by atoms with Gasteiger partial charge in [-0.1, -0.05) is 24.3 Å². The Morgan fingerprint density at radius 1 is 1.18 bits per heavy atom. The first-order valence-corrected chi connectivity index (χ1v) is 8.54. The van der Waals surface area contributed by atoms with Crippen LogP contribution in [0.25, 0.3) is 0 Å². The summed E-state index contributed by atoms with van der Waals surface area (Å²) in [6.07, 6.45) is 0.190. The first kappa shape index (κ1) is 15.4. The first-order valence-electron chi connectivity index (χ1n) is 7.14. The number of hydrogen-bond acceptors (Lipinski definition) is 4. The lowest BCUT2D eigenvalue weighted by Crippen LogP contribution is -2.55. The number of carbonyl (C=O) groups is 1. The molecule has 1 unspecified atom stereocenters. The van der Waals surface area contributed by atoms with Gasteiger partial charge in [0.1, 0.15) is 6.04 Å². The molecule has 120 valence electrons. The van der Waals surface area contributed by atoms with E-state index in [9.17, 15) is 18.3 Å². The molecule has 1 atom stereocenters. The zero-order valence-corrected chi connectivity index (χ0v) is 12.8. The van der Waals surface area contributed by atoms with Gasteiger partial charge in [-0.3, -0.25) is 4.79 Å². The molecule has 1 aromatic rings. The SMILES string of the molecule is O=C(O)C1Cc2ccccc2CN1S(=O)(=O)N1CCOCC1. The van der Waals surface area contributed by atoms with Crippen molar-refractivity contribution in [2.75, 3.05) is 26.3 Å². The predicted molar refractivity (Wildman–Crippen MR) is 78.4 cm³/mol. The van der Waals surface area contributed by atoms with Crippen molar-refractivity contribution in [1.29, 1.82) is 0 Å². The van der Waals surface area contributed by atoms with Gasteiger partial charge < -0.3 is 9.84 Å². The number of morpholine rings is 1. The van der Waals surface area contributed by atoms with Crippen LogP contribution in [0.4, 0.5) is 0 Å². The van der Waals surface area contributed by atoms with Gasteiger partial charge in [0.05, 0.1) is 13.2 Å². The fourth-order valence-corrected chi connectivity index (χ4v) is 4.57. The van der Waals surface area contributed by atoms with Gasteiger partial charge in [0.2, 0.25) is 0 Å². The second-order valence-corrected chi connectivity index (χ2v) is 7.27. The van der Waals surface area contributed by atoms with Crippen molar-refractivity contribution in [3.63, 3.8) is 0 Å². The van der Waals surface area contributed by atoms with E-state index in [1.807, 2.05) is 24.3 Å². The molecule has 1 N–H and O–H groups in total. The van der Waals surface area contributed by atoms with Crippen LogP contribution in [-0.4, -0.2) is 60.4 Å². The lowest BCUT2D eigenvalue weighted by molar-refractivity contribution is -0.142. The van der Waals surface area contributed by atoms with Gasteiger partial charge in [0.25, 0.3) is 10.2 Å². The first-order chi connectivity index (χ1) is 10.5. The largest absolute Gasteiger partial charge is 0.480 e. The smallest absolute Gasteiger partial charge is 0.322 e. The van der Waals surface area contributed by atoms with Crippen molar-refractivity contribution in [3.8, 4) is 0 Å². The Hall–Kier alpha value is -1.48. The Bertz CT molecular complexity index is 670. The topological polar surface area (TPSA) is 87.2 Å². The molecule has 0 radical (unpaired) electrons. The third-order valence-corrected chi connectivity index (χ3v) is 6.08. The number of fused-ring (bicyclic) bond motifs is 1. The Kier molecular flexibility index (Phi) is 4.18. The van der Waals surface area contributed by atoms with Crippen LogP contribution >= 0.6 is 0 Å². The van der Waals surface area contributed by atoms with Crippen LogP contribution in [0.2, 0.25) is 0 Å². The Morgan fingerprint density at radius 3 is 2.45 bits per heavy atom. The van der Waals surface area contributed by atoms with Crippen LogP contribution in [0.15, 0.2) is 24.3 Å². The molecule has 8 heteroatoms. The summed E-state index contributed by atoms with van der Waals surface area (Å²) in [6.45, 7) is 1.27. The molecule has 2 heterocycles. The standard InChI is InChI=1S/C14H18N2O5S/c17-14(18)13-9-11-3-1-2-4-12(11)10-16(13)22(19,20)15-5-7-21-8-6-15/h1-4,13H,5-10H2,(H,17,18). The van der Waals surface area contributed by atoms with Crippen LogP contribution in [0.5, 0.6) is 0 Å². The van der Waals surface area contributed by atoms with Crippen LogP contribution in [0.1, 0.15) is 11.1 Å². The third kappa shape index (κ3) is 2.74. The number of carboxylic acids is 1. The van der Waals surface area contributed by atoms with E-state index in [1.165, 1.54) is 4.31 Å². The summed E-state index contributed by atoms with van der Waals surface area (Å²) in [5, 5.41) is 9.45. The van der Waals surface area contributed by atoms with Crippen LogP contribution < -0.4 is 0 Å². The van der Waals surface area contributed by atoms with E-state index in [2.05, 4.69) is 0 Å². The average Bonchev–Trinajstić information content (AvgIpc) is 2.54. The number of aliphatic carboxylic acids is 1. The molecule has 2 aliphatic heterocycles. The van der Waals surface area contributed by atoms with Gasteiger partial charge in [-0.25, -0.2) is 0 Å². The number of ether oxygens (including phenoxy) is 1. The third-order valence-electron chi connectivity index (χ3n) is 4.08. The van der Waals surface area contributed by atoms with Crippen LogP contribution in [-0.2, 0) is 32.7 Å². The van der Waals surface area contributed by atoms with E-state index in [4.69, 9.17) is 4.74 Å². The number of nitrogens with zero attached hydrogens (tertiary/aromatic N) is 2. The maximum absolute atomic E-state index is 12.8. The van der Waals surface area contributed by atoms with E-state index in [-0.39, 0.29) is 26.1 Å². The summed E-state index contributed by atoms with van der Waals surface area (Å²) in [4.78, 5) is 11.6. The Balaban J connectivity index is 1.95. The van der Waals surface area contributed by atoms with E-state index in [1.54, 1.807) is 0 Å². The van der Waals surface area contributed by atoms with Crippen molar-refractivity contribution in [2.45, 2.75) is 19.0 Å². The molecule has 2 aliphatic rings. The van der Waals surface area contributed by atoms with E-state index >= 15 is 0 Å². The molecule has 0 amide bonds. The molecule has 0 spiro atoms. The summed E-state index contributed by atoms with van der Waals surface area (Å²) in [7, 11) is -3.82. The lowest BCUT2D eigenvalue weighted by atomic mass is 9.96. The van der Waals surface area contributed by atoms with E-state index in [0.717, 1.165) is 15.4 Å². The van der Waals surface area contributed by atoms with Crippen LogP contribution in [0, 0.1) is 0 Å². The molecule has 0 saturated carbocycles. The zero-order chi connectivity index (χ0) is 15.7. The zero-order valence-electron chi connectivity index (χ0n) is 12.0. The second-order valence-electron chi connectivity index (χ2n) is 5.39. The summed E-state index contributed by atoms with van der Waals surface area (Å²) in [5.74, 6) is -1.12. The van der Waals surface area contributed by atoms with E-state index < -0.39 is 22.2 Å².